The Morgan fingerprint density at radius 2 is 2.04 bits per heavy atom. The number of aromatic nitrogens is 1. The van der Waals surface area contributed by atoms with E-state index in [0.29, 0.717) is 0 Å². The van der Waals surface area contributed by atoms with Crippen LogP contribution in [0.25, 0.3) is 16.8 Å². The number of pyridine rings is 1. The molecule has 1 aromatic heterocycles. The van der Waals surface area contributed by atoms with Gasteiger partial charge >= 0.3 is 0 Å². The van der Waals surface area contributed by atoms with E-state index in [2.05, 4.69) is 66.6 Å². The second kappa shape index (κ2) is 9.22. The molecule has 0 atom stereocenters. The molecule has 0 saturated carbocycles. The Morgan fingerprint density at radius 3 is 2.88 bits per heavy atom. The second-order valence-electron chi connectivity index (χ2n) is 6.51. The van der Waals surface area contributed by atoms with Gasteiger partial charge < -0.3 is 4.74 Å². The molecule has 2 aromatic rings. The number of hydrogen-bond acceptors (Lipinski definition) is 2. The number of nitrogens with zero attached hydrogens (tertiary/aromatic N) is 1. The number of unbranched alkanes of at least 4 members (excludes halogenated alkanes) is 3. The summed E-state index contributed by atoms with van der Waals surface area (Å²) in [5.41, 5.74) is 2.27. The molecule has 1 aromatic carbocycles. The molecule has 0 bridgehead atoms. The average Bonchev–Trinajstić information content (AvgIpc) is 2.67. The minimum atomic E-state index is 0.795. The Bertz CT molecular complexity index is 786. The average molecular weight is 333 g/mol. The molecule has 3 rings (SSSR count). The van der Waals surface area contributed by atoms with Gasteiger partial charge in [0.15, 0.2) is 0 Å². The van der Waals surface area contributed by atoms with Crippen molar-refractivity contribution < 1.29 is 4.74 Å². The highest BCUT2D eigenvalue weighted by Gasteiger charge is 2.03. The van der Waals surface area contributed by atoms with E-state index >= 15 is 0 Å². The summed E-state index contributed by atoms with van der Waals surface area (Å²) >= 11 is 0. The van der Waals surface area contributed by atoms with E-state index in [0.717, 1.165) is 42.7 Å². The van der Waals surface area contributed by atoms with Gasteiger partial charge in [0.05, 0.1) is 12.3 Å². The summed E-state index contributed by atoms with van der Waals surface area (Å²) in [4.78, 5) is 4.54. The van der Waals surface area contributed by atoms with Crippen LogP contribution in [0.5, 0.6) is 5.75 Å². The molecule has 0 saturated heterocycles. The van der Waals surface area contributed by atoms with Crippen molar-refractivity contribution in [1.82, 2.24) is 4.98 Å². The Morgan fingerprint density at radius 1 is 1.08 bits per heavy atom. The quantitative estimate of drug-likeness (QED) is 0.515. The Hall–Kier alpha value is -2.35. The summed E-state index contributed by atoms with van der Waals surface area (Å²) in [6, 6.07) is 8.35. The molecular formula is C23H27NO. The Balaban J connectivity index is 1.70. The lowest BCUT2D eigenvalue weighted by atomic mass is 10.0. The maximum Gasteiger partial charge on any atom is 0.119 e. The molecule has 2 nitrogen and oxygen atoms in total. The fraction of sp³-hybridized carbons (Fsp3) is 0.348. The van der Waals surface area contributed by atoms with E-state index in [1.54, 1.807) is 0 Å². The number of fused-ring (bicyclic) bond motifs is 1. The maximum atomic E-state index is 5.90. The van der Waals surface area contributed by atoms with Crippen LogP contribution in [0.3, 0.4) is 0 Å². The van der Waals surface area contributed by atoms with Gasteiger partial charge in [0.2, 0.25) is 0 Å². The van der Waals surface area contributed by atoms with Gasteiger partial charge in [0, 0.05) is 11.6 Å². The van der Waals surface area contributed by atoms with Crippen LogP contribution in [-0.2, 0) is 0 Å². The molecule has 0 unspecified atom stereocenters. The summed E-state index contributed by atoms with van der Waals surface area (Å²) in [6.07, 6.45) is 20.0. The summed E-state index contributed by atoms with van der Waals surface area (Å²) in [7, 11) is 0. The van der Waals surface area contributed by atoms with Gasteiger partial charge in [-0.15, -0.1) is 0 Å². The highest BCUT2D eigenvalue weighted by molar-refractivity contribution is 5.90. The number of ether oxygens (including phenoxy) is 1. The predicted octanol–water partition coefficient (Wildman–Crippen LogP) is 6.48. The lowest BCUT2D eigenvalue weighted by Gasteiger charge is -2.08. The summed E-state index contributed by atoms with van der Waals surface area (Å²) in [5.74, 6) is 0.947. The molecule has 1 aliphatic rings. The summed E-state index contributed by atoms with van der Waals surface area (Å²) < 4.78 is 5.90. The molecule has 0 radical (unpaired) electrons. The third-order valence-electron chi connectivity index (χ3n) is 4.49. The second-order valence-corrected chi connectivity index (χ2v) is 6.51. The molecular weight excluding hydrogens is 306 g/mol. The van der Waals surface area contributed by atoms with E-state index in [4.69, 9.17) is 4.74 Å². The van der Waals surface area contributed by atoms with Crippen molar-refractivity contribution in [1.29, 1.82) is 0 Å². The predicted molar refractivity (Wildman–Crippen MR) is 107 cm³/mol. The van der Waals surface area contributed by atoms with Crippen LogP contribution in [0.2, 0.25) is 0 Å². The standard InChI is InChI=1S/C23H27NO/c1-2-3-4-8-17-25-21-12-13-22-20(18-21)15-16-24-23(22)14-11-19-9-6-5-7-10-19/h6,9-16,18H,2-5,7-8,17H2,1H3. The zero-order chi connectivity index (χ0) is 17.3. The van der Waals surface area contributed by atoms with Crippen LogP contribution in [0, 0.1) is 0 Å². The molecule has 1 aliphatic carbocycles. The number of benzene rings is 1. The third-order valence-corrected chi connectivity index (χ3v) is 4.49. The van der Waals surface area contributed by atoms with E-state index in [-0.39, 0.29) is 0 Å². The zero-order valence-corrected chi connectivity index (χ0v) is 15.1. The van der Waals surface area contributed by atoms with Gasteiger partial charge in [-0.25, -0.2) is 0 Å². The highest BCUT2D eigenvalue weighted by Crippen LogP contribution is 2.24. The molecule has 2 heteroatoms. The van der Waals surface area contributed by atoms with Crippen LogP contribution >= 0.6 is 0 Å². The van der Waals surface area contributed by atoms with Gasteiger partial charge in [-0.1, -0.05) is 50.5 Å². The van der Waals surface area contributed by atoms with Crippen LogP contribution in [0.15, 0.2) is 60.3 Å². The van der Waals surface area contributed by atoms with E-state index in [1.165, 1.54) is 30.2 Å². The third kappa shape index (κ3) is 5.06. The summed E-state index contributed by atoms with van der Waals surface area (Å²) in [5, 5.41) is 2.34. The normalized spacial score (nSPS) is 14.2. The molecule has 25 heavy (non-hydrogen) atoms. The first-order chi connectivity index (χ1) is 12.4. The largest absolute Gasteiger partial charge is 0.494 e. The van der Waals surface area contributed by atoms with Crippen molar-refractivity contribution in [2.24, 2.45) is 0 Å². The maximum absolute atomic E-state index is 5.90. The van der Waals surface area contributed by atoms with Gasteiger partial charge in [-0.05, 0) is 60.6 Å². The van der Waals surface area contributed by atoms with E-state index in [1.807, 2.05) is 6.20 Å². The van der Waals surface area contributed by atoms with Gasteiger partial charge in [0.1, 0.15) is 5.75 Å². The fourth-order valence-electron chi connectivity index (χ4n) is 3.05. The minimum absolute atomic E-state index is 0.795. The Kier molecular flexibility index (Phi) is 6.44. The minimum Gasteiger partial charge on any atom is -0.494 e. The lowest BCUT2D eigenvalue weighted by Crippen LogP contribution is -1.97. The summed E-state index contributed by atoms with van der Waals surface area (Å²) in [6.45, 7) is 3.02. The Labute approximate surface area is 150 Å². The molecule has 0 spiro atoms. The number of allylic oxidation sites excluding steroid dienone is 5. The van der Waals surface area contributed by atoms with Crippen molar-refractivity contribution in [3.63, 3.8) is 0 Å². The number of rotatable bonds is 8. The zero-order valence-electron chi connectivity index (χ0n) is 15.1. The first-order valence-electron chi connectivity index (χ1n) is 9.43. The van der Waals surface area contributed by atoms with Gasteiger partial charge in [-0.2, -0.15) is 0 Å². The molecule has 0 aliphatic heterocycles. The monoisotopic (exact) mass is 333 g/mol. The fourth-order valence-corrected chi connectivity index (χ4v) is 3.05. The smallest absolute Gasteiger partial charge is 0.119 e. The number of hydrogen-bond donors (Lipinski definition) is 0. The van der Waals surface area contributed by atoms with Crippen molar-refractivity contribution >= 4 is 16.8 Å². The van der Waals surface area contributed by atoms with Crippen LogP contribution in [0.4, 0.5) is 0 Å². The van der Waals surface area contributed by atoms with Crippen LogP contribution in [-0.4, -0.2) is 11.6 Å². The lowest BCUT2D eigenvalue weighted by molar-refractivity contribution is 0.305. The first kappa shape index (κ1) is 17.5. The molecule has 0 amide bonds. The van der Waals surface area contributed by atoms with Crippen LogP contribution < -0.4 is 4.74 Å². The van der Waals surface area contributed by atoms with Gasteiger partial charge in [0.25, 0.3) is 0 Å². The highest BCUT2D eigenvalue weighted by atomic mass is 16.5. The van der Waals surface area contributed by atoms with Crippen molar-refractivity contribution in [3.05, 3.63) is 66.0 Å². The van der Waals surface area contributed by atoms with Crippen LogP contribution in [0.1, 0.15) is 51.1 Å². The van der Waals surface area contributed by atoms with E-state index in [9.17, 15) is 0 Å². The first-order valence-corrected chi connectivity index (χ1v) is 9.43. The topological polar surface area (TPSA) is 22.1 Å². The van der Waals surface area contributed by atoms with Crippen molar-refractivity contribution in [2.75, 3.05) is 6.61 Å². The SMILES string of the molecule is CCCCCCOc1ccc2c(C=CC3=CCCC=C3)nccc2c1. The molecule has 0 fully saturated rings. The molecule has 0 N–H and O–H groups in total. The van der Waals surface area contributed by atoms with Crippen molar-refractivity contribution in [2.45, 2.75) is 45.4 Å². The molecule has 1 heterocycles. The molecule has 130 valence electrons. The van der Waals surface area contributed by atoms with E-state index < -0.39 is 0 Å². The van der Waals surface area contributed by atoms with Crippen molar-refractivity contribution in [3.8, 4) is 5.75 Å². The van der Waals surface area contributed by atoms with Gasteiger partial charge in [-0.3, -0.25) is 4.98 Å².